The third-order valence-electron chi connectivity index (χ3n) is 6.24. The average molecular weight is 358 g/mol. The number of carbonyl (C=O) groups is 1. The van der Waals surface area contributed by atoms with Gasteiger partial charge in [-0.25, -0.2) is 4.98 Å². The molecule has 0 saturated heterocycles. The third kappa shape index (κ3) is 3.69. The number of nitrogens with one attached hydrogen (secondary N) is 1. The van der Waals surface area contributed by atoms with E-state index in [4.69, 9.17) is 0 Å². The molecule has 1 aromatic rings. The van der Waals surface area contributed by atoms with Crippen molar-refractivity contribution in [2.24, 2.45) is 17.8 Å². The summed E-state index contributed by atoms with van der Waals surface area (Å²) in [5.41, 5.74) is 3.54. The van der Waals surface area contributed by atoms with Crippen LogP contribution in [0.3, 0.4) is 0 Å². The topological polar surface area (TPSA) is 65.8 Å². The Hall–Kier alpha value is -1.54. The maximum absolute atomic E-state index is 12.4. The average Bonchev–Trinajstić information content (AvgIpc) is 3.21. The van der Waals surface area contributed by atoms with E-state index in [0.717, 1.165) is 28.7 Å². The van der Waals surface area contributed by atoms with Crippen LogP contribution in [0.1, 0.15) is 55.0 Å². The number of carbonyl (C=O) groups excluding carboxylic acids is 1. The Kier molecular flexibility index (Phi) is 5.38. The first kappa shape index (κ1) is 18.3. The van der Waals surface area contributed by atoms with Crippen LogP contribution in [0.4, 0.5) is 0 Å². The maximum Gasteiger partial charge on any atom is 0.230 e. The second-order valence-corrected chi connectivity index (χ2v) is 8.69. The standard InChI is InChI=1S/C20H27N3OS/c1-11-12(2)18(9-21)20(23-13(11)3)25-10-19(24)22-14(4)17-8-15-5-6-16(17)7-15/h14-17H,5-8,10H2,1-4H3,(H,22,24). The van der Waals surface area contributed by atoms with E-state index in [-0.39, 0.29) is 11.9 Å². The molecule has 4 unspecified atom stereocenters. The summed E-state index contributed by atoms with van der Waals surface area (Å²) in [7, 11) is 0. The lowest BCUT2D eigenvalue weighted by molar-refractivity contribution is -0.119. The molecule has 1 heterocycles. The number of rotatable bonds is 5. The van der Waals surface area contributed by atoms with E-state index < -0.39 is 0 Å². The van der Waals surface area contributed by atoms with Crippen molar-refractivity contribution < 1.29 is 4.79 Å². The van der Waals surface area contributed by atoms with Gasteiger partial charge in [0.1, 0.15) is 11.1 Å². The van der Waals surface area contributed by atoms with E-state index >= 15 is 0 Å². The molecule has 0 aliphatic heterocycles. The van der Waals surface area contributed by atoms with E-state index in [1.54, 1.807) is 0 Å². The van der Waals surface area contributed by atoms with Crippen LogP contribution < -0.4 is 5.32 Å². The van der Waals surface area contributed by atoms with Gasteiger partial charge in [-0.2, -0.15) is 5.26 Å². The minimum absolute atomic E-state index is 0.0434. The zero-order valence-corrected chi connectivity index (χ0v) is 16.4. The van der Waals surface area contributed by atoms with Crippen LogP contribution in [0.2, 0.25) is 0 Å². The Morgan fingerprint density at radius 2 is 2.08 bits per heavy atom. The van der Waals surface area contributed by atoms with E-state index in [1.165, 1.54) is 37.4 Å². The molecule has 2 saturated carbocycles. The monoisotopic (exact) mass is 357 g/mol. The first-order valence-corrected chi connectivity index (χ1v) is 10.2. The van der Waals surface area contributed by atoms with Gasteiger partial charge in [0, 0.05) is 11.7 Å². The largest absolute Gasteiger partial charge is 0.353 e. The number of pyridine rings is 1. The second-order valence-electron chi connectivity index (χ2n) is 7.72. The van der Waals surface area contributed by atoms with Crippen molar-refractivity contribution in [1.82, 2.24) is 10.3 Å². The van der Waals surface area contributed by atoms with Crippen LogP contribution in [0.15, 0.2) is 5.03 Å². The van der Waals surface area contributed by atoms with Crippen LogP contribution in [-0.4, -0.2) is 22.7 Å². The Morgan fingerprint density at radius 1 is 1.32 bits per heavy atom. The highest BCUT2D eigenvalue weighted by molar-refractivity contribution is 8.00. The van der Waals surface area contributed by atoms with Gasteiger partial charge < -0.3 is 5.32 Å². The van der Waals surface area contributed by atoms with Crippen LogP contribution >= 0.6 is 11.8 Å². The molecular formula is C20H27N3OS. The Morgan fingerprint density at radius 3 is 2.68 bits per heavy atom. The number of amides is 1. The predicted octanol–water partition coefficient (Wildman–Crippen LogP) is 3.91. The predicted molar refractivity (Wildman–Crippen MR) is 100 cm³/mol. The molecule has 4 atom stereocenters. The molecule has 0 aromatic carbocycles. The van der Waals surface area contributed by atoms with Crippen LogP contribution in [0.5, 0.6) is 0 Å². The summed E-state index contributed by atoms with van der Waals surface area (Å²) in [6.07, 6.45) is 5.35. The number of nitrogens with zero attached hydrogens (tertiary/aromatic N) is 2. The summed E-state index contributed by atoms with van der Waals surface area (Å²) < 4.78 is 0. The lowest BCUT2D eigenvalue weighted by atomic mass is 9.84. The summed E-state index contributed by atoms with van der Waals surface area (Å²) >= 11 is 1.37. The first-order valence-electron chi connectivity index (χ1n) is 9.20. The van der Waals surface area contributed by atoms with Crippen molar-refractivity contribution in [3.8, 4) is 6.07 Å². The fourth-order valence-electron chi connectivity index (χ4n) is 4.59. The van der Waals surface area contributed by atoms with Crippen molar-refractivity contribution in [2.45, 2.75) is 64.4 Å². The quantitative estimate of drug-likeness (QED) is 0.811. The molecule has 0 spiro atoms. The zero-order valence-electron chi connectivity index (χ0n) is 15.6. The number of hydrogen-bond acceptors (Lipinski definition) is 4. The minimum Gasteiger partial charge on any atom is -0.353 e. The van der Waals surface area contributed by atoms with Crippen molar-refractivity contribution >= 4 is 17.7 Å². The summed E-state index contributed by atoms with van der Waals surface area (Å²) in [5, 5.41) is 13.3. The number of aryl methyl sites for hydroxylation is 1. The summed E-state index contributed by atoms with van der Waals surface area (Å²) in [6, 6.07) is 2.49. The number of thioether (sulfide) groups is 1. The highest BCUT2D eigenvalue weighted by Crippen LogP contribution is 2.49. The van der Waals surface area contributed by atoms with Gasteiger partial charge in [0.2, 0.25) is 5.91 Å². The summed E-state index contributed by atoms with van der Waals surface area (Å²) in [6.45, 7) is 8.03. The van der Waals surface area contributed by atoms with E-state index in [2.05, 4.69) is 23.3 Å². The molecule has 0 radical (unpaired) electrons. The molecule has 3 rings (SSSR count). The van der Waals surface area contributed by atoms with Gasteiger partial charge in [0.05, 0.1) is 11.3 Å². The van der Waals surface area contributed by atoms with Gasteiger partial charge in [-0.15, -0.1) is 0 Å². The third-order valence-corrected chi connectivity index (χ3v) is 7.21. The Bertz CT molecular complexity index is 725. The Labute approximate surface area is 154 Å². The molecule has 2 aliphatic carbocycles. The van der Waals surface area contributed by atoms with Gasteiger partial charge in [-0.3, -0.25) is 4.79 Å². The van der Waals surface area contributed by atoms with E-state index in [0.29, 0.717) is 22.3 Å². The number of hydrogen-bond donors (Lipinski definition) is 1. The van der Waals surface area contributed by atoms with E-state index in [9.17, 15) is 10.1 Å². The van der Waals surface area contributed by atoms with E-state index in [1.807, 2.05) is 20.8 Å². The van der Waals surface area contributed by atoms with Crippen molar-refractivity contribution in [3.63, 3.8) is 0 Å². The second kappa shape index (κ2) is 7.37. The first-order chi connectivity index (χ1) is 11.9. The minimum atomic E-state index is 0.0434. The molecule has 1 N–H and O–H groups in total. The molecule has 134 valence electrons. The van der Waals surface area contributed by atoms with Gasteiger partial charge in [-0.05, 0) is 75.8 Å². The molecule has 2 aliphatic rings. The molecule has 2 bridgehead atoms. The fraction of sp³-hybridized carbons (Fsp3) is 0.650. The highest BCUT2D eigenvalue weighted by atomic mass is 32.2. The lowest BCUT2D eigenvalue weighted by Gasteiger charge is -2.28. The zero-order chi connectivity index (χ0) is 18.1. The number of fused-ring (bicyclic) bond motifs is 2. The van der Waals surface area contributed by atoms with Gasteiger partial charge >= 0.3 is 0 Å². The number of aromatic nitrogens is 1. The highest BCUT2D eigenvalue weighted by Gasteiger charge is 2.42. The lowest BCUT2D eigenvalue weighted by Crippen LogP contribution is -2.40. The van der Waals surface area contributed by atoms with Gasteiger partial charge in [0.15, 0.2) is 0 Å². The molecule has 4 nitrogen and oxygen atoms in total. The van der Waals surface area contributed by atoms with Gasteiger partial charge in [0.25, 0.3) is 0 Å². The molecule has 1 amide bonds. The van der Waals surface area contributed by atoms with Gasteiger partial charge in [-0.1, -0.05) is 18.2 Å². The number of nitriles is 1. The smallest absolute Gasteiger partial charge is 0.230 e. The molecule has 2 fully saturated rings. The van der Waals surface area contributed by atoms with Crippen LogP contribution in [0, 0.1) is 49.9 Å². The van der Waals surface area contributed by atoms with Crippen molar-refractivity contribution in [3.05, 3.63) is 22.4 Å². The van der Waals surface area contributed by atoms with Crippen molar-refractivity contribution in [1.29, 1.82) is 5.26 Å². The molecule has 1 aromatic heterocycles. The SMILES string of the molecule is Cc1nc(SCC(=O)NC(C)C2CC3CCC2C3)c(C#N)c(C)c1C. The summed E-state index contributed by atoms with van der Waals surface area (Å²) in [4.78, 5) is 16.9. The maximum atomic E-state index is 12.4. The normalized spacial score (nSPS) is 25.6. The Balaban J connectivity index is 1.58. The van der Waals surface area contributed by atoms with Crippen LogP contribution in [0.25, 0.3) is 0 Å². The molecule has 5 heteroatoms. The van der Waals surface area contributed by atoms with Crippen molar-refractivity contribution in [2.75, 3.05) is 5.75 Å². The summed E-state index contributed by atoms with van der Waals surface area (Å²) in [5.74, 6) is 2.70. The van der Waals surface area contributed by atoms with Crippen LogP contribution in [-0.2, 0) is 4.79 Å². The fourth-order valence-corrected chi connectivity index (χ4v) is 5.49. The molecular weight excluding hydrogens is 330 g/mol. The molecule has 25 heavy (non-hydrogen) atoms.